The molecule has 8 nitrogen and oxygen atoms in total. The molecule has 0 fully saturated rings. The summed E-state index contributed by atoms with van der Waals surface area (Å²) in [7, 11) is 0. The fourth-order valence-corrected chi connectivity index (χ4v) is 2.19. The fraction of sp³-hybridized carbons (Fsp3) is 0.0625. The van der Waals surface area contributed by atoms with Crippen molar-refractivity contribution in [3.05, 3.63) is 80.5 Å². The van der Waals surface area contributed by atoms with E-state index in [-0.39, 0.29) is 23.7 Å². The van der Waals surface area contributed by atoms with Crippen LogP contribution in [0.3, 0.4) is 0 Å². The van der Waals surface area contributed by atoms with Gasteiger partial charge < -0.3 is 4.42 Å². The first-order valence-corrected chi connectivity index (χ1v) is 6.97. The van der Waals surface area contributed by atoms with Gasteiger partial charge in [-0.05, 0) is 24.3 Å². The number of halogens is 1. The standard InChI is InChI=1S/C16H9FN4O4/c17-12-3-1-10(2-4-12)14-7-19-15(25-14)9-20-8-13(21(23)24)5-11(6-18)16(20)22/h1-5,7-8H,9H2. The molecule has 2 heterocycles. The zero-order chi connectivity index (χ0) is 18.0. The minimum Gasteiger partial charge on any atom is -0.439 e. The summed E-state index contributed by atoms with van der Waals surface area (Å²) in [5.74, 6) is 0.0791. The monoisotopic (exact) mass is 340 g/mol. The number of nitro groups is 1. The fourth-order valence-electron chi connectivity index (χ4n) is 2.19. The van der Waals surface area contributed by atoms with E-state index in [9.17, 15) is 19.3 Å². The van der Waals surface area contributed by atoms with Gasteiger partial charge in [0.2, 0.25) is 5.89 Å². The van der Waals surface area contributed by atoms with Gasteiger partial charge >= 0.3 is 0 Å². The van der Waals surface area contributed by atoms with Crippen LogP contribution in [0.15, 0.2) is 51.9 Å². The molecule has 0 aliphatic rings. The zero-order valence-electron chi connectivity index (χ0n) is 12.5. The van der Waals surface area contributed by atoms with Gasteiger partial charge in [0.25, 0.3) is 11.2 Å². The van der Waals surface area contributed by atoms with Crippen molar-refractivity contribution in [2.45, 2.75) is 6.54 Å². The second-order valence-electron chi connectivity index (χ2n) is 5.04. The second-order valence-corrected chi connectivity index (χ2v) is 5.04. The summed E-state index contributed by atoms with van der Waals surface area (Å²) in [6, 6.07) is 8.09. The quantitative estimate of drug-likeness (QED) is 0.532. The molecular formula is C16H9FN4O4. The van der Waals surface area contributed by atoms with Gasteiger partial charge in [-0.2, -0.15) is 5.26 Å². The number of hydrogen-bond acceptors (Lipinski definition) is 6. The molecule has 3 aromatic rings. The maximum absolute atomic E-state index is 12.9. The Hall–Kier alpha value is -3.80. The van der Waals surface area contributed by atoms with Crippen molar-refractivity contribution in [1.82, 2.24) is 9.55 Å². The molecule has 124 valence electrons. The van der Waals surface area contributed by atoms with Crippen molar-refractivity contribution >= 4 is 5.69 Å². The van der Waals surface area contributed by atoms with Crippen molar-refractivity contribution < 1.29 is 13.7 Å². The number of pyridine rings is 1. The predicted molar refractivity (Wildman–Crippen MR) is 83.1 cm³/mol. The normalized spacial score (nSPS) is 10.4. The molecule has 0 spiro atoms. The van der Waals surface area contributed by atoms with Gasteiger partial charge in [0, 0.05) is 11.6 Å². The topological polar surface area (TPSA) is 115 Å². The summed E-state index contributed by atoms with van der Waals surface area (Å²) in [6.07, 6.45) is 2.42. The third-order valence-corrected chi connectivity index (χ3v) is 3.39. The maximum Gasteiger partial charge on any atom is 0.287 e. The summed E-state index contributed by atoms with van der Waals surface area (Å²) in [5, 5.41) is 19.8. The van der Waals surface area contributed by atoms with E-state index in [1.165, 1.54) is 30.5 Å². The van der Waals surface area contributed by atoms with Gasteiger partial charge in [0.1, 0.15) is 24.0 Å². The van der Waals surface area contributed by atoms with E-state index in [2.05, 4.69) is 4.98 Å². The van der Waals surface area contributed by atoms with Crippen LogP contribution in [0, 0.1) is 27.3 Å². The molecule has 0 saturated carbocycles. The highest BCUT2D eigenvalue weighted by Crippen LogP contribution is 2.21. The number of rotatable bonds is 4. The van der Waals surface area contributed by atoms with Gasteiger partial charge in [-0.25, -0.2) is 9.37 Å². The lowest BCUT2D eigenvalue weighted by atomic mass is 10.2. The first-order chi connectivity index (χ1) is 12.0. The van der Waals surface area contributed by atoms with Gasteiger partial charge in [0.05, 0.1) is 17.3 Å². The molecule has 0 atom stereocenters. The first kappa shape index (κ1) is 16.1. The molecule has 0 radical (unpaired) electrons. The number of aromatic nitrogens is 2. The summed E-state index contributed by atoms with van der Waals surface area (Å²) >= 11 is 0. The van der Waals surface area contributed by atoms with Crippen molar-refractivity contribution in [3.8, 4) is 17.4 Å². The maximum atomic E-state index is 12.9. The van der Waals surface area contributed by atoms with Crippen molar-refractivity contribution in [1.29, 1.82) is 5.26 Å². The van der Waals surface area contributed by atoms with Gasteiger partial charge in [-0.3, -0.25) is 19.5 Å². The van der Waals surface area contributed by atoms with E-state index in [1.54, 1.807) is 6.07 Å². The smallest absolute Gasteiger partial charge is 0.287 e. The molecular weight excluding hydrogens is 331 g/mol. The molecule has 0 N–H and O–H groups in total. The van der Waals surface area contributed by atoms with E-state index in [4.69, 9.17) is 9.68 Å². The van der Waals surface area contributed by atoms with Crippen LogP contribution in [0.1, 0.15) is 11.5 Å². The molecule has 0 saturated heterocycles. The molecule has 0 aliphatic carbocycles. The SMILES string of the molecule is N#Cc1cc([N+](=O)[O-])cn(Cc2ncc(-c3ccc(F)cc3)o2)c1=O. The summed E-state index contributed by atoms with van der Waals surface area (Å²) in [5.41, 5.74) is -0.833. The van der Waals surface area contributed by atoms with Crippen LogP contribution in [0.25, 0.3) is 11.3 Å². The first-order valence-electron chi connectivity index (χ1n) is 6.97. The molecule has 1 aromatic carbocycles. The summed E-state index contributed by atoms with van der Waals surface area (Å²) in [6.45, 7) is -0.184. The number of oxazole rings is 1. The van der Waals surface area contributed by atoms with Gasteiger partial charge in [-0.1, -0.05) is 0 Å². The van der Waals surface area contributed by atoms with Crippen LogP contribution in [-0.2, 0) is 6.54 Å². The van der Waals surface area contributed by atoms with E-state index in [1.807, 2.05) is 0 Å². The number of nitriles is 1. The molecule has 0 amide bonds. The zero-order valence-corrected chi connectivity index (χ0v) is 12.5. The molecule has 2 aromatic heterocycles. The molecule has 0 unspecified atom stereocenters. The van der Waals surface area contributed by atoms with Crippen LogP contribution in [-0.4, -0.2) is 14.5 Å². The summed E-state index contributed by atoms with van der Waals surface area (Å²) < 4.78 is 19.4. The lowest BCUT2D eigenvalue weighted by Crippen LogP contribution is -2.23. The van der Waals surface area contributed by atoms with Crippen molar-refractivity contribution in [2.75, 3.05) is 0 Å². The number of nitrogens with zero attached hydrogens (tertiary/aromatic N) is 4. The average molecular weight is 340 g/mol. The third kappa shape index (κ3) is 3.28. The van der Waals surface area contributed by atoms with E-state index < -0.39 is 16.3 Å². The Morgan fingerprint density at radius 3 is 2.72 bits per heavy atom. The Labute approximate surface area is 139 Å². The molecule has 25 heavy (non-hydrogen) atoms. The largest absolute Gasteiger partial charge is 0.439 e. The molecule has 0 aliphatic heterocycles. The van der Waals surface area contributed by atoms with Crippen molar-refractivity contribution in [3.63, 3.8) is 0 Å². The van der Waals surface area contributed by atoms with Crippen LogP contribution in [0.2, 0.25) is 0 Å². The van der Waals surface area contributed by atoms with Crippen molar-refractivity contribution in [2.24, 2.45) is 0 Å². The van der Waals surface area contributed by atoms with Crippen LogP contribution in [0.5, 0.6) is 0 Å². The third-order valence-electron chi connectivity index (χ3n) is 3.39. The molecule has 9 heteroatoms. The average Bonchev–Trinajstić information content (AvgIpc) is 3.05. The Kier molecular flexibility index (Phi) is 4.09. The predicted octanol–water partition coefficient (Wildman–Crippen LogP) is 2.47. The van der Waals surface area contributed by atoms with E-state index >= 15 is 0 Å². The van der Waals surface area contributed by atoms with E-state index in [0.29, 0.717) is 11.3 Å². The van der Waals surface area contributed by atoms with Gasteiger partial charge in [0.15, 0.2) is 5.76 Å². The Morgan fingerprint density at radius 2 is 2.08 bits per heavy atom. The van der Waals surface area contributed by atoms with Crippen LogP contribution >= 0.6 is 0 Å². The Morgan fingerprint density at radius 1 is 1.36 bits per heavy atom. The van der Waals surface area contributed by atoms with Crippen LogP contribution < -0.4 is 5.56 Å². The molecule has 3 rings (SSSR count). The Bertz CT molecular complexity index is 1050. The number of benzene rings is 1. The van der Waals surface area contributed by atoms with Gasteiger partial charge in [-0.15, -0.1) is 0 Å². The highest BCUT2D eigenvalue weighted by molar-refractivity contribution is 5.55. The lowest BCUT2D eigenvalue weighted by Gasteiger charge is -2.03. The highest BCUT2D eigenvalue weighted by Gasteiger charge is 2.15. The van der Waals surface area contributed by atoms with Crippen LogP contribution in [0.4, 0.5) is 10.1 Å². The summed E-state index contributed by atoms with van der Waals surface area (Å²) in [4.78, 5) is 26.3. The minimum absolute atomic E-state index is 0.116. The second kappa shape index (κ2) is 6.37. The van der Waals surface area contributed by atoms with E-state index in [0.717, 1.165) is 16.8 Å². The molecule has 0 bridgehead atoms. The lowest BCUT2D eigenvalue weighted by molar-refractivity contribution is -0.385. The Balaban J connectivity index is 1.94. The minimum atomic E-state index is -0.698. The highest BCUT2D eigenvalue weighted by atomic mass is 19.1. The number of hydrogen-bond donors (Lipinski definition) is 0.